The Labute approximate surface area is 132 Å². The topological polar surface area (TPSA) is 85.0 Å². The Morgan fingerprint density at radius 2 is 2.00 bits per heavy atom. The van der Waals surface area contributed by atoms with Crippen LogP contribution in [0.1, 0.15) is 52.9 Å². The minimum atomic E-state index is -0.745. The number of nitrogens with zero attached hydrogens (tertiary/aromatic N) is 1. The van der Waals surface area contributed by atoms with E-state index in [1.807, 2.05) is 20.8 Å². The number of aliphatic hydroxyl groups is 1. The van der Waals surface area contributed by atoms with Gasteiger partial charge in [-0.25, -0.2) is 4.79 Å². The summed E-state index contributed by atoms with van der Waals surface area (Å²) >= 11 is 0. The van der Waals surface area contributed by atoms with Crippen LogP contribution >= 0.6 is 0 Å². The fourth-order valence-corrected chi connectivity index (χ4v) is 3.21. The summed E-state index contributed by atoms with van der Waals surface area (Å²) in [5.74, 6) is 0. The Balaban J connectivity index is 2.04. The van der Waals surface area contributed by atoms with Gasteiger partial charge in [0.2, 0.25) is 0 Å². The third-order valence-electron chi connectivity index (χ3n) is 4.41. The molecule has 2 saturated heterocycles. The molecular formula is C16H30N2O4. The van der Waals surface area contributed by atoms with Crippen molar-refractivity contribution in [2.45, 2.75) is 76.2 Å². The quantitative estimate of drug-likeness (QED) is 0.809. The summed E-state index contributed by atoms with van der Waals surface area (Å²) in [5.41, 5.74) is 4.75. The van der Waals surface area contributed by atoms with Crippen molar-refractivity contribution in [2.75, 3.05) is 19.8 Å². The number of nitrogens with two attached hydrogens (primary N) is 1. The molecule has 2 atom stereocenters. The zero-order valence-corrected chi connectivity index (χ0v) is 14.0. The molecule has 0 aromatic rings. The highest BCUT2D eigenvalue weighted by Crippen LogP contribution is 2.31. The lowest BCUT2D eigenvalue weighted by atomic mass is 9.83. The van der Waals surface area contributed by atoms with E-state index in [9.17, 15) is 9.90 Å². The first kappa shape index (κ1) is 17.5. The molecule has 22 heavy (non-hydrogen) atoms. The van der Waals surface area contributed by atoms with E-state index in [1.165, 1.54) is 0 Å². The molecule has 2 aliphatic rings. The van der Waals surface area contributed by atoms with Gasteiger partial charge < -0.3 is 25.2 Å². The molecule has 6 nitrogen and oxygen atoms in total. The van der Waals surface area contributed by atoms with Crippen LogP contribution in [0.4, 0.5) is 4.79 Å². The summed E-state index contributed by atoms with van der Waals surface area (Å²) < 4.78 is 10.8. The first-order chi connectivity index (χ1) is 10.2. The largest absolute Gasteiger partial charge is 0.444 e. The van der Waals surface area contributed by atoms with Crippen LogP contribution < -0.4 is 5.73 Å². The number of hydrogen-bond acceptors (Lipinski definition) is 5. The first-order valence-corrected chi connectivity index (χ1v) is 8.24. The highest BCUT2D eigenvalue weighted by atomic mass is 16.6. The minimum Gasteiger partial charge on any atom is -0.444 e. The van der Waals surface area contributed by atoms with E-state index in [0.29, 0.717) is 39.0 Å². The molecule has 0 aromatic carbocycles. The fourth-order valence-electron chi connectivity index (χ4n) is 3.21. The summed E-state index contributed by atoms with van der Waals surface area (Å²) in [6.07, 6.45) is 3.17. The van der Waals surface area contributed by atoms with Crippen LogP contribution in [-0.2, 0) is 9.47 Å². The van der Waals surface area contributed by atoms with Crippen molar-refractivity contribution in [1.29, 1.82) is 0 Å². The molecule has 128 valence electrons. The summed E-state index contributed by atoms with van der Waals surface area (Å²) in [5, 5.41) is 10.7. The third kappa shape index (κ3) is 4.83. The van der Waals surface area contributed by atoms with Gasteiger partial charge in [-0.3, -0.25) is 0 Å². The fraction of sp³-hybridized carbons (Fsp3) is 0.938. The second-order valence-corrected chi connectivity index (χ2v) is 7.66. The van der Waals surface area contributed by atoms with Gasteiger partial charge in [0, 0.05) is 31.8 Å². The van der Waals surface area contributed by atoms with Crippen molar-refractivity contribution in [3.05, 3.63) is 0 Å². The number of likely N-dealkylation sites (tertiary alicyclic amines) is 1. The highest BCUT2D eigenvalue weighted by Gasteiger charge is 2.39. The van der Waals surface area contributed by atoms with E-state index in [-0.39, 0.29) is 18.2 Å². The molecule has 2 fully saturated rings. The molecule has 0 unspecified atom stereocenters. The molecule has 0 spiro atoms. The van der Waals surface area contributed by atoms with Crippen LogP contribution in [0.2, 0.25) is 0 Å². The Bertz CT molecular complexity index is 388. The molecule has 0 radical (unpaired) electrons. The van der Waals surface area contributed by atoms with Crippen molar-refractivity contribution < 1.29 is 19.4 Å². The number of carbonyl (C=O) groups excluding carboxylic acids is 1. The van der Waals surface area contributed by atoms with Gasteiger partial charge in [0.15, 0.2) is 0 Å². The standard InChI is InChI=1S/C16H30N2O4/c1-15(2,3)22-14(19)18-11-12(17)4-5-13(18)10-16(20)6-8-21-9-7-16/h12-13,20H,4-11,17H2,1-3H3/t12-,13-/m0/s1. The van der Waals surface area contributed by atoms with Gasteiger partial charge in [-0.05, 0) is 52.9 Å². The Kier molecular flexibility index (Phi) is 5.35. The summed E-state index contributed by atoms with van der Waals surface area (Å²) in [7, 11) is 0. The lowest BCUT2D eigenvalue weighted by Gasteiger charge is -2.43. The molecule has 2 heterocycles. The van der Waals surface area contributed by atoms with Crippen LogP contribution in [-0.4, -0.2) is 59.1 Å². The van der Waals surface area contributed by atoms with Crippen molar-refractivity contribution in [3.8, 4) is 0 Å². The lowest BCUT2D eigenvalue weighted by molar-refractivity contribution is -0.0844. The molecule has 2 aliphatic heterocycles. The number of piperidine rings is 1. The van der Waals surface area contributed by atoms with E-state index in [4.69, 9.17) is 15.2 Å². The van der Waals surface area contributed by atoms with Crippen molar-refractivity contribution >= 4 is 6.09 Å². The maximum absolute atomic E-state index is 12.5. The molecule has 3 N–H and O–H groups in total. The van der Waals surface area contributed by atoms with Crippen molar-refractivity contribution in [3.63, 3.8) is 0 Å². The maximum atomic E-state index is 12.5. The summed E-state index contributed by atoms with van der Waals surface area (Å²) in [6.45, 7) is 7.22. The molecule has 1 amide bonds. The number of amides is 1. The number of rotatable bonds is 2. The Hall–Kier alpha value is -0.850. The monoisotopic (exact) mass is 314 g/mol. The van der Waals surface area contributed by atoms with Gasteiger partial charge >= 0.3 is 6.09 Å². The summed E-state index contributed by atoms with van der Waals surface area (Å²) in [6, 6.07) is -0.0362. The maximum Gasteiger partial charge on any atom is 0.410 e. The van der Waals surface area contributed by atoms with Crippen LogP contribution in [0.15, 0.2) is 0 Å². The highest BCUT2D eigenvalue weighted by molar-refractivity contribution is 5.68. The summed E-state index contributed by atoms with van der Waals surface area (Å²) in [4.78, 5) is 14.2. The van der Waals surface area contributed by atoms with Gasteiger partial charge in [-0.1, -0.05) is 0 Å². The van der Waals surface area contributed by atoms with Gasteiger partial charge in [-0.2, -0.15) is 0 Å². The molecule has 0 bridgehead atoms. The van der Waals surface area contributed by atoms with Crippen LogP contribution in [0.25, 0.3) is 0 Å². The normalized spacial score (nSPS) is 29.2. The SMILES string of the molecule is CC(C)(C)OC(=O)N1C[C@@H](N)CC[C@H]1CC1(O)CCOCC1. The Morgan fingerprint density at radius 1 is 1.36 bits per heavy atom. The van der Waals surface area contributed by atoms with Crippen LogP contribution in [0, 0.1) is 0 Å². The van der Waals surface area contributed by atoms with Crippen molar-refractivity contribution in [2.24, 2.45) is 5.73 Å². The zero-order chi connectivity index (χ0) is 16.4. The molecule has 0 aromatic heterocycles. The van der Waals surface area contributed by atoms with Crippen molar-refractivity contribution in [1.82, 2.24) is 4.90 Å². The Morgan fingerprint density at radius 3 is 2.59 bits per heavy atom. The number of ether oxygens (including phenoxy) is 2. The van der Waals surface area contributed by atoms with Crippen LogP contribution in [0.5, 0.6) is 0 Å². The lowest BCUT2D eigenvalue weighted by Crippen LogP contribution is -2.55. The molecular weight excluding hydrogens is 284 g/mol. The van der Waals surface area contributed by atoms with E-state index >= 15 is 0 Å². The second kappa shape index (κ2) is 6.72. The van der Waals surface area contributed by atoms with E-state index in [2.05, 4.69) is 0 Å². The average molecular weight is 314 g/mol. The number of carbonyl (C=O) groups is 1. The van der Waals surface area contributed by atoms with E-state index in [0.717, 1.165) is 12.8 Å². The molecule has 6 heteroatoms. The van der Waals surface area contributed by atoms with Gasteiger partial charge in [0.25, 0.3) is 0 Å². The van der Waals surface area contributed by atoms with E-state index < -0.39 is 11.2 Å². The van der Waals surface area contributed by atoms with Gasteiger partial charge in [0.1, 0.15) is 5.60 Å². The van der Waals surface area contributed by atoms with E-state index in [1.54, 1.807) is 4.90 Å². The zero-order valence-electron chi connectivity index (χ0n) is 14.0. The predicted molar refractivity (Wildman–Crippen MR) is 83.6 cm³/mol. The second-order valence-electron chi connectivity index (χ2n) is 7.66. The molecule has 0 saturated carbocycles. The van der Waals surface area contributed by atoms with Gasteiger partial charge in [-0.15, -0.1) is 0 Å². The average Bonchev–Trinajstić information content (AvgIpc) is 2.39. The molecule has 2 rings (SSSR count). The predicted octanol–water partition coefficient (Wildman–Crippen LogP) is 1.64. The van der Waals surface area contributed by atoms with Crippen LogP contribution in [0.3, 0.4) is 0 Å². The smallest absolute Gasteiger partial charge is 0.410 e. The first-order valence-electron chi connectivity index (χ1n) is 8.24. The molecule has 0 aliphatic carbocycles. The third-order valence-corrected chi connectivity index (χ3v) is 4.41. The van der Waals surface area contributed by atoms with Gasteiger partial charge in [0.05, 0.1) is 5.60 Å². The number of hydrogen-bond donors (Lipinski definition) is 2. The minimum absolute atomic E-state index is 0.0160.